The maximum absolute atomic E-state index is 14.0. The molecule has 0 bridgehead atoms. The molecule has 4 rings (SSSR count). The smallest absolute Gasteiger partial charge is 0.328 e. The number of aryl methyl sites for hydroxylation is 1. The number of carboxylic acid groups (broad SMARTS) is 1. The molecule has 0 saturated carbocycles. The molecule has 1 aliphatic rings. The standard InChI is InChI=1S/C36H48N4O5S/c1-9-26-21-40(46(44)30-14-12-11-13-29(30)45-26)20-25-19-24(16-15-22(25)3)31(27-17-18-28(38-10-2)32(37)23(27)4)35(5,6)33(41)39-36(7,8)34(42)43/h11-19,26,31,38H,9-10,20-21,37H2,1-8H3,(H,39,41)(H,42,43)/t26-,31?,46?/m1/s1. The monoisotopic (exact) mass is 648 g/mol. The minimum atomic E-state index is -1.47. The summed E-state index contributed by atoms with van der Waals surface area (Å²) >= 11 is 0. The Morgan fingerprint density at radius 2 is 1.78 bits per heavy atom. The van der Waals surface area contributed by atoms with Crippen LogP contribution in [0.1, 0.15) is 81.7 Å². The molecule has 5 N–H and O–H groups in total. The van der Waals surface area contributed by atoms with Gasteiger partial charge in [0.2, 0.25) is 5.91 Å². The first kappa shape index (κ1) is 35.0. The van der Waals surface area contributed by atoms with Crippen LogP contribution in [-0.4, -0.2) is 50.2 Å². The first-order chi connectivity index (χ1) is 21.6. The van der Waals surface area contributed by atoms with Crippen LogP contribution in [0.15, 0.2) is 59.5 Å². The molecule has 3 aromatic rings. The molecule has 1 heterocycles. The number of carbonyl (C=O) groups excluding carboxylic acids is 1. The number of carboxylic acids is 1. The van der Waals surface area contributed by atoms with Crippen molar-refractivity contribution in [2.45, 2.75) is 90.8 Å². The minimum Gasteiger partial charge on any atom is -0.488 e. The van der Waals surface area contributed by atoms with E-state index in [0.29, 0.717) is 36.0 Å². The third-order valence-electron chi connectivity index (χ3n) is 8.98. The highest BCUT2D eigenvalue weighted by Crippen LogP contribution is 2.45. The van der Waals surface area contributed by atoms with Gasteiger partial charge in [-0.05, 0) is 87.1 Å². The summed E-state index contributed by atoms with van der Waals surface area (Å²) in [5.74, 6) is -1.36. The number of nitrogens with one attached hydrogen (secondary N) is 2. The lowest BCUT2D eigenvalue weighted by Crippen LogP contribution is -2.54. The Morgan fingerprint density at radius 3 is 2.43 bits per heavy atom. The van der Waals surface area contributed by atoms with E-state index in [0.717, 1.165) is 39.9 Å². The highest BCUT2D eigenvalue weighted by Gasteiger charge is 2.43. The molecule has 46 heavy (non-hydrogen) atoms. The lowest BCUT2D eigenvalue weighted by molar-refractivity contribution is -0.147. The Balaban J connectivity index is 1.83. The molecule has 1 amide bonds. The van der Waals surface area contributed by atoms with Crippen molar-refractivity contribution in [1.82, 2.24) is 9.62 Å². The van der Waals surface area contributed by atoms with Crippen LogP contribution in [0, 0.1) is 19.3 Å². The Kier molecular flexibility index (Phi) is 10.5. The molecule has 2 unspecified atom stereocenters. The Morgan fingerprint density at radius 1 is 1.09 bits per heavy atom. The Bertz CT molecular complexity index is 1640. The number of hydrogen-bond acceptors (Lipinski definition) is 6. The fraction of sp³-hybridized carbons (Fsp3) is 0.444. The first-order valence-corrected chi connectivity index (χ1v) is 16.9. The minimum absolute atomic E-state index is 0.120. The topological polar surface area (TPSA) is 134 Å². The SMILES string of the molecule is CCNc1ccc(C(c2ccc(C)c(CN3C[C@@H](CC)Oc4ccccc4S3=O)c2)C(C)(C)C(=O)NC(C)(C)C(=O)O)c(C)c1N. The number of amides is 1. The van der Waals surface area contributed by atoms with Gasteiger partial charge in [0.15, 0.2) is 0 Å². The van der Waals surface area contributed by atoms with Crippen LogP contribution in [0.25, 0.3) is 0 Å². The van der Waals surface area contributed by atoms with Crippen molar-refractivity contribution < 1.29 is 23.6 Å². The van der Waals surface area contributed by atoms with Gasteiger partial charge in [0.1, 0.15) is 28.4 Å². The zero-order valence-corrected chi connectivity index (χ0v) is 29.0. The zero-order chi connectivity index (χ0) is 34.0. The van der Waals surface area contributed by atoms with Crippen LogP contribution < -0.4 is 21.1 Å². The first-order valence-electron chi connectivity index (χ1n) is 15.8. The number of rotatable bonds is 11. The van der Waals surface area contributed by atoms with E-state index in [9.17, 15) is 18.9 Å². The van der Waals surface area contributed by atoms with Crippen molar-refractivity contribution in [1.29, 1.82) is 0 Å². The largest absolute Gasteiger partial charge is 0.488 e. The van der Waals surface area contributed by atoms with Crippen molar-refractivity contribution in [2.75, 3.05) is 24.1 Å². The third-order valence-corrected chi connectivity index (χ3v) is 10.4. The number of anilines is 2. The van der Waals surface area contributed by atoms with Gasteiger partial charge in [0.05, 0.1) is 21.7 Å². The number of ether oxygens (including phenoxy) is 1. The van der Waals surface area contributed by atoms with E-state index in [-0.39, 0.29) is 6.10 Å². The van der Waals surface area contributed by atoms with E-state index in [1.807, 2.05) is 87.5 Å². The second kappa shape index (κ2) is 13.8. The number of nitrogens with two attached hydrogens (primary N) is 1. The molecule has 3 atom stereocenters. The number of aliphatic carboxylic acids is 1. The van der Waals surface area contributed by atoms with Crippen molar-refractivity contribution in [3.05, 3.63) is 82.4 Å². The van der Waals surface area contributed by atoms with Crippen LogP contribution in [-0.2, 0) is 27.1 Å². The van der Waals surface area contributed by atoms with Crippen molar-refractivity contribution >= 4 is 34.2 Å². The average Bonchev–Trinajstić information content (AvgIpc) is 3.14. The molecule has 0 spiro atoms. The maximum Gasteiger partial charge on any atom is 0.328 e. The fourth-order valence-corrected chi connectivity index (χ4v) is 7.25. The molecule has 0 saturated heterocycles. The lowest BCUT2D eigenvalue weighted by Gasteiger charge is -2.37. The Labute approximate surface area is 275 Å². The molecule has 3 aromatic carbocycles. The molecule has 10 heteroatoms. The number of hydrogen-bond donors (Lipinski definition) is 4. The predicted molar refractivity (Wildman–Crippen MR) is 184 cm³/mol. The molecule has 0 fully saturated rings. The van der Waals surface area contributed by atoms with E-state index >= 15 is 0 Å². The summed E-state index contributed by atoms with van der Waals surface area (Å²) in [6.45, 7) is 16.3. The highest BCUT2D eigenvalue weighted by molar-refractivity contribution is 7.82. The van der Waals surface area contributed by atoms with E-state index in [1.54, 1.807) is 0 Å². The number of benzene rings is 3. The van der Waals surface area contributed by atoms with Crippen molar-refractivity contribution in [3.63, 3.8) is 0 Å². The second-order valence-electron chi connectivity index (χ2n) is 13.2. The van der Waals surface area contributed by atoms with Gasteiger partial charge in [-0.25, -0.2) is 13.3 Å². The third kappa shape index (κ3) is 7.08. The molecular weight excluding hydrogens is 600 g/mol. The van der Waals surface area contributed by atoms with Crippen LogP contribution in [0.3, 0.4) is 0 Å². The van der Waals surface area contributed by atoms with Crippen LogP contribution in [0.5, 0.6) is 5.75 Å². The van der Waals surface area contributed by atoms with E-state index < -0.39 is 39.7 Å². The van der Waals surface area contributed by atoms with Gasteiger partial charge in [-0.1, -0.05) is 57.2 Å². The van der Waals surface area contributed by atoms with E-state index in [2.05, 4.69) is 23.6 Å². The van der Waals surface area contributed by atoms with Gasteiger partial charge in [-0.3, -0.25) is 4.79 Å². The quantitative estimate of drug-likeness (QED) is 0.183. The van der Waals surface area contributed by atoms with E-state index in [1.165, 1.54) is 13.8 Å². The molecule has 0 aliphatic carbocycles. The molecule has 0 aromatic heterocycles. The van der Waals surface area contributed by atoms with Gasteiger partial charge in [-0.2, -0.15) is 0 Å². The lowest BCUT2D eigenvalue weighted by atomic mass is 9.68. The summed E-state index contributed by atoms with van der Waals surface area (Å²) in [5.41, 5.74) is 10.1. The number of para-hydroxylation sites is 1. The second-order valence-corrected chi connectivity index (χ2v) is 14.6. The number of carbonyl (C=O) groups is 2. The van der Waals surface area contributed by atoms with Crippen molar-refractivity contribution in [2.24, 2.45) is 5.41 Å². The molecule has 0 radical (unpaired) electrons. The summed E-state index contributed by atoms with van der Waals surface area (Å²) in [5, 5.41) is 15.8. The maximum atomic E-state index is 14.0. The zero-order valence-electron chi connectivity index (χ0n) is 28.2. The van der Waals surface area contributed by atoms with Gasteiger partial charge < -0.3 is 26.2 Å². The molecule has 248 valence electrons. The van der Waals surface area contributed by atoms with Crippen LogP contribution in [0.4, 0.5) is 11.4 Å². The summed E-state index contributed by atoms with van der Waals surface area (Å²) in [7, 11) is -1.44. The number of nitrogens with zero attached hydrogens (tertiary/aromatic N) is 1. The Hall–Kier alpha value is -3.89. The average molecular weight is 649 g/mol. The van der Waals surface area contributed by atoms with Crippen LogP contribution >= 0.6 is 0 Å². The molecular formula is C36H48N4O5S. The summed E-state index contributed by atoms with van der Waals surface area (Å²) in [6, 6.07) is 17.5. The molecule has 1 aliphatic heterocycles. The van der Waals surface area contributed by atoms with Crippen molar-refractivity contribution in [3.8, 4) is 5.75 Å². The van der Waals surface area contributed by atoms with Crippen LogP contribution in [0.2, 0.25) is 0 Å². The van der Waals surface area contributed by atoms with Gasteiger partial charge in [-0.15, -0.1) is 0 Å². The number of nitrogen functional groups attached to an aromatic ring is 1. The molecule has 9 nitrogen and oxygen atoms in total. The van der Waals surface area contributed by atoms with Gasteiger partial charge in [0, 0.05) is 25.6 Å². The summed E-state index contributed by atoms with van der Waals surface area (Å²) in [6.07, 6.45) is 0.646. The normalized spacial score (nSPS) is 17.7. The predicted octanol–water partition coefficient (Wildman–Crippen LogP) is 6.15. The van der Waals surface area contributed by atoms with Gasteiger partial charge >= 0.3 is 5.97 Å². The summed E-state index contributed by atoms with van der Waals surface area (Å²) in [4.78, 5) is 26.6. The fourth-order valence-electron chi connectivity index (χ4n) is 5.93. The number of fused-ring (bicyclic) bond motifs is 1. The summed E-state index contributed by atoms with van der Waals surface area (Å²) < 4.78 is 22.1. The highest BCUT2D eigenvalue weighted by atomic mass is 32.2. The van der Waals surface area contributed by atoms with Gasteiger partial charge in [0.25, 0.3) is 0 Å². The van der Waals surface area contributed by atoms with E-state index in [4.69, 9.17) is 10.5 Å².